The van der Waals surface area contributed by atoms with E-state index in [-0.39, 0.29) is 21.7 Å². The highest BCUT2D eigenvalue weighted by molar-refractivity contribution is 6.27. The molecular formula is C80H74N2. The molecule has 0 saturated heterocycles. The minimum Gasteiger partial charge on any atom is -0.310 e. The molecule has 0 aliphatic heterocycles. The zero-order valence-corrected chi connectivity index (χ0v) is 49.8. The highest BCUT2D eigenvalue weighted by atomic mass is 15.1. The van der Waals surface area contributed by atoms with E-state index in [2.05, 4.69) is 323 Å². The molecule has 0 aliphatic rings. The smallest absolute Gasteiger partial charge is 0.0541 e. The minimum absolute atomic E-state index is 0.0307. The van der Waals surface area contributed by atoms with E-state index in [9.17, 15) is 0 Å². The van der Waals surface area contributed by atoms with Crippen molar-refractivity contribution in [1.82, 2.24) is 4.57 Å². The first-order valence-corrected chi connectivity index (χ1v) is 29.4. The number of hydrogen-bond donors (Lipinski definition) is 0. The van der Waals surface area contributed by atoms with Crippen molar-refractivity contribution < 1.29 is 0 Å². The van der Waals surface area contributed by atoms with Crippen LogP contribution in [0.3, 0.4) is 0 Å². The number of rotatable bonds is 8. The number of hydrogen-bond acceptors (Lipinski definition) is 1. The summed E-state index contributed by atoms with van der Waals surface area (Å²) in [5.41, 5.74) is 22.3. The topological polar surface area (TPSA) is 8.17 Å². The van der Waals surface area contributed by atoms with Crippen LogP contribution in [0.4, 0.5) is 17.1 Å². The van der Waals surface area contributed by atoms with Gasteiger partial charge >= 0.3 is 0 Å². The van der Waals surface area contributed by atoms with Crippen LogP contribution in [0.15, 0.2) is 231 Å². The van der Waals surface area contributed by atoms with Crippen LogP contribution in [0.5, 0.6) is 0 Å². The molecule has 404 valence electrons. The van der Waals surface area contributed by atoms with Crippen LogP contribution in [0.1, 0.15) is 105 Å². The standard InChI is InChI=1S/C80H74N2/c1-77(2,3)61-45-59(46-62(49-61)78(4,5)6)54-26-24-51(25-27-54)52-28-36-65(37-29-52)81(66-38-30-53(31-39-66)57-18-17-19-58(44-57)60-47-63(79(7,8)9)50-64(48-60)80(10,11)12)73-42-34-55-33-41-70-74(43-35-56-32-40-69(73)75(55)76(56)70)82-71-22-15-13-20-67(71)68-21-14-16-23-72(68)82/h13-50H,1-12H3. The highest BCUT2D eigenvalue weighted by Gasteiger charge is 2.25. The van der Waals surface area contributed by atoms with Crippen molar-refractivity contribution in [2.24, 2.45) is 0 Å². The number of fused-ring (bicyclic) bond motifs is 3. The lowest BCUT2D eigenvalue weighted by atomic mass is 9.79. The van der Waals surface area contributed by atoms with Crippen LogP contribution < -0.4 is 4.90 Å². The van der Waals surface area contributed by atoms with Crippen molar-refractivity contribution in [3.8, 4) is 50.2 Å². The van der Waals surface area contributed by atoms with Gasteiger partial charge in [0.1, 0.15) is 0 Å². The summed E-state index contributed by atoms with van der Waals surface area (Å²) in [4.78, 5) is 2.47. The summed E-state index contributed by atoms with van der Waals surface area (Å²) in [6.07, 6.45) is 0. The fourth-order valence-corrected chi connectivity index (χ4v) is 12.4. The second-order valence-electron chi connectivity index (χ2n) is 27.1. The molecular weight excluding hydrogens is 989 g/mol. The van der Waals surface area contributed by atoms with Gasteiger partial charge in [-0.25, -0.2) is 0 Å². The summed E-state index contributed by atoms with van der Waals surface area (Å²) < 4.78 is 2.47. The average Bonchev–Trinajstić information content (AvgIpc) is 3.98. The molecule has 13 rings (SSSR count). The molecule has 0 spiro atoms. The van der Waals surface area contributed by atoms with Crippen LogP contribution in [-0.4, -0.2) is 4.57 Å². The van der Waals surface area contributed by atoms with Crippen molar-refractivity contribution in [2.45, 2.75) is 105 Å². The van der Waals surface area contributed by atoms with E-state index in [1.807, 2.05) is 0 Å². The molecule has 1 aromatic heterocycles. The van der Waals surface area contributed by atoms with E-state index in [1.54, 1.807) is 0 Å². The molecule has 0 saturated carbocycles. The Morgan fingerprint density at radius 2 is 0.634 bits per heavy atom. The molecule has 0 amide bonds. The minimum atomic E-state index is 0.0307. The summed E-state index contributed by atoms with van der Waals surface area (Å²) in [5.74, 6) is 0. The fraction of sp³-hybridized carbons (Fsp3) is 0.200. The van der Waals surface area contributed by atoms with E-state index < -0.39 is 0 Å². The van der Waals surface area contributed by atoms with Gasteiger partial charge in [-0.3, -0.25) is 0 Å². The Hall–Kier alpha value is -8.72. The third-order valence-electron chi connectivity index (χ3n) is 17.3. The molecule has 82 heavy (non-hydrogen) atoms. The Kier molecular flexibility index (Phi) is 12.5. The predicted molar refractivity (Wildman–Crippen MR) is 356 cm³/mol. The number of benzene rings is 12. The predicted octanol–water partition coefficient (Wildman–Crippen LogP) is 23.0. The van der Waals surface area contributed by atoms with Crippen molar-refractivity contribution >= 4 is 71.2 Å². The molecule has 0 unspecified atom stereocenters. The summed E-state index contributed by atoms with van der Waals surface area (Å²) in [6.45, 7) is 27.7. The Balaban J connectivity index is 0.928. The van der Waals surface area contributed by atoms with Gasteiger partial charge in [0, 0.05) is 32.9 Å². The largest absolute Gasteiger partial charge is 0.310 e. The van der Waals surface area contributed by atoms with Gasteiger partial charge in [-0.1, -0.05) is 259 Å². The summed E-state index contributed by atoms with van der Waals surface area (Å²) >= 11 is 0. The Bertz CT molecular complexity index is 4440. The molecule has 2 nitrogen and oxygen atoms in total. The first kappa shape index (κ1) is 52.6. The Morgan fingerprint density at radius 3 is 1.11 bits per heavy atom. The first-order valence-electron chi connectivity index (χ1n) is 29.4. The van der Waals surface area contributed by atoms with Gasteiger partial charge in [-0.05, 0) is 165 Å². The molecule has 12 aromatic carbocycles. The zero-order chi connectivity index (χ0) is 57.0. The Labute approximate surface area is 485 Å². The van der Waals surface area contributed by atoms with Crippen LogP contribution in [0.2, 0.25) is 0 Å². The molecule has 0 aliphatic carbocycles. The van der Waals surface area contributed by atoms with Gasteiger partial charge in [-0.2, -0.15) is 0 Å². The summed E-state index contributed by atoms with van der Waals surface area (Å²) in [6, 6.07) is 87.3. The number of nitrogens with zero attached hydrogens (tertiary/aromatic N) is 2. The van der Waals surface area contributed by atoms with Crippen molar-refractivity contribution in [3.05, 3.63) is 253 Å². The lowest BCUT2D eigenvalue weighted by Gasteiger charge is -2.28. The van der Waals surface area contributed by atoms with Gasteiger partial charge in [0.25, 0.3) is 0 Å². The summed E-state index contributed by atoms with van der Waals surface area (Å²) in [5, 5.41) is 10.0. The van der Waals surface area contributed by atoms with E-state index in [0.717, 1.165) is 17.1 Å². The normalized spacial score (nSPS) is 12.6. The van der Waals surface area contributed by atoms with Gasteiger partial charge in [0.05, 0.1) is 22.4 Å². The fourth-order valence-electron chi connectivity index (χ4n) is 12.4. The lowest BCUT2D eigenvalue weighted by molar-refractivity contribution is 0.568. The van der Waals surface area contributed by atoms with Crippen molar-refractivity contribution in [1.29, 1.82) is 0 Å². The van der Waals surface area contributed by atoms with Crippen LogP contribution in [0.25, 0.3) is 104 Å². The molecule has 0 radical (unpaired) electrons. The SMILES string of the molecule is CC(C)(C)c1cc(-c2ccc(-c3ccc(N(c4ccc(-c5cccc(-c6cc(C(C)(C)C)cc(C(C)(C)C)c6)c5)cc4)c4ccc5ccc6c(-n7c8ccccc8c8ccccc87)ccc7ccc4c5c76)cc3)cc2)cc(C(C)(C)C)c1. The van der Waals surface area contributed by atoms with E-state index in [1.165, 1.54) is 127 Å². The maximum Gasteiger partial charge on any atom is 0.0541 e. The van der Waals surface area contributed by atoms with Gasteiger partial charge < -0.3 is 9.47 Å². The first-order chi connectivity index (χ1) is 39.2. The zero-order valence-electron chi connectivity index (χ0n) is 49.8. The molecule has 13 aromatic rings. The molecule has 1 heterocycles. The second kappa shape index (κ2) is 19.5. The second-order valence-corrected chi connectivity index (χ2v) is 27.1. The Morgan fingerprint density at radius 1 is 0.268 bits per heavy atom. The van der Waals surface area contributed by atoms with Crippen molar-refractivity contribution in [2.75, 3.05) is 4.90 Å². The van der Waals surface area contributed by atoms with E-state index in [4.69, 9.17) is 0 Å². The van der Waals surface area contributed by atoms with Crippen LogP contribution in [-0.2, 0) is 21.7 Å². The molecule has 0 bridgehead atoms. The molecule has 0 N–H and O–H groups in total. The number of para-hydroxylation sites is 2. The van der Waals surface area contributed by atoms with E-state index >= 15 is 0 Å². The van der Waals surface area contributed by atoms with Gasteiger partial charge in [0.2, 0.25) is 0 Å². The third-order valence-corrected chi connectivity index (χ3v) is 17.3. The lowest BCUT2D eigenvalue weighted by Crippen LogP contribution is -2.16. The monoisotopic (exact) mass is 1060 g/mol. The molecule has 0 atom stereocenters. The quantitative estimate of drug-likeness (QED) is 0.138. The average molecular weight is 1060 g/mol. The number of anilines is 3. The van der Waals surface area contributed by atoms with Gasteiger partial charge in [-0.15, -0.1) is 0 Å². The maximum absolute atomic E-state index is 2.47. The van der Waals surface area contributed by atoms with Crippen LogP contribution >= 0.6 is 0 Å². The maximum atomic E-state index is 2.47. The summed E-state index contributed by atoms with van der Waals surface area (Å²) in [7, 11) is 0. The number of aromatic nitrogens is 1. The molecule has 2 heteroatoms. The van der Waals surface area contributed by atoms with Crippen LogP contribution in [0, 0.1) is 0 Å². The third kappa shape index (κ3) is 9.42. The van der Waals surface area contributed by atoms with E-state index in [0.29, 0.717) is 0 Å². The molecule has 0 fully saturated rings. The van der Waals surface area contributed by atoms with Gasteiger partial charge in [0.15, 0.2) is 0 Å². The highest BCUT2D eigenvalue weighted by Crippen LogP contribution is 2.47. The van der Waals surface area contributed by atoms with Crippen molar-refractivity contribution in [3.63, 3.8) is 0 Å².